The van der Waals surface area contributed by atoms with E-state index in [2.05, 4.69) is 4.98 Å². The normalized spacial score (nSPS) is 10.0. The third-order valence-electron chi connectivity index (χ3n) is 2.78. The van der Waals surface area contributed by atoms with Gasteiger partial charge in [-0.2, -0.15) is 5.26 Å². The SMILES string of the molecule is COc1cc(-n2cc(C#N)c(=O)[nH]c2=O)c(OC)cc1Cl. The summed E-state index contributed by atoms with van der Waals surface area (Å²) < 4.78 is 11.3. The van der Waals surface area contributed by atoms with Crippen LogP contribution in [0.3, 0.4) is 0 Å². The Labute approximate surface area is 123 Å². The van der Waals surface area contributed by atoms with Gasteiger partial charge in [0.05, 0.1) is 24.9 Å². The first-order chi connectivity index (χ1) is 10.0. The lowest BCUT2D eigenvalue weighted by Crippen LogP contribution is -2.30. The summed E-state index contributed by atoms with van der Waals surface area (Å²) in [5, 5.41) is 9.19. The predicted octanol–water partition coefficient (Wildman–Crippen LogP) is 1.07. The van der Waals surface area contributed by atoms with E-state index in [1.807, 2.05) is 0 Å². The molecular weight excluding hydrogens is 298 g/mol. The van der Waals surface area contributed by atoms with Crippen LogP contribution in [-0.4, -0.2) is 23.8 Å². The number of H-pyrrole nitrogens is 1. The van der Waals surface area contributed by atoms with Crippen LogP contribution in [0.4, 0.5) is 0 Å². The summed E-state index contributed by atoms with van der Waals surface area (Å²) in [6.45, 7) is 0. The smallest absolute Gasteiger partial charge is 0.333 e. The number of nitriles is 1. The average Bonchev–Trinajstić information content (AvgIpc) is 2.47. The number of aromatic nitrogens is 2. The topological polar surface area (TPSA) is 97.1 Å². The van der Waals surface area contributed by atoms with Crippen molar-refractivity contribution in [1.82, 2.24) is 9.55 Å². The molecule has 0 saturated heterocycles. The summed E-state index contributed by atoms with van der Waals surface area (Å²) in [6.07, 6.45) is 1.13. The van der Waals surface area contributed by atoms with Crippen LogP contribution >= 0.6 is 11.6 Å². The fourth-order valence-corrected chi connectivity index (χ4v) is 1.99. The van der Waals surface area contributed by atoms with Crippen LogP contribution in [0.5, 0.6) is 11.5 Å². The van der Waals surface area contributed by atoms with Gasteiger partial charge in [0, 0.05) is 18.3 Å². The fraction of sp³-hybridized carbons (Fsp3) is 0.154. The maximum Gasteiger partial charge on any atom is 0.333 e. The highest BCUT2D eigenvalue weighted by molar-refractivity contribution is 6.32. The van der Waals surface area contributed by atoms with Gasteiger partial charge in [-0.3, -0.25) is 14.3 Å². The first-order valence-corrected chi connectivity index (χ1v) is 6.07. The standard InChI is InChI=1S/C13H10ClN3O4/c1-20-10-4-9(11(21-2)3-8(10)14)17-6-7(5-15)12(18)16-13(17)19/h3-4,6H,1-2H3,(H,16,18,19). The second kappa shape index (κ2) is 5.73. The summed E-state index contributed by atoms with van der Waals surface area (Å²) in [5.41, 5.74) is -1.37. The Morgan fingerprint density at radius 1 is 1.24 bits per heavy atom. The van der Waals surface area contributed by atoms with E-state index in [0.29, 0.717) is 16.5 Å². The van der Waals surface area contributed by atoms with Gasteiger partial charge in [0.15, 0.2) is 0 Å². The number of benzene rings is 1. The Hall–Kier alpha value is -2.72. The number of nitrogens with one attached hydrogen (secondary N) is 1. The van der Waals surface area contributed by atoms with Gasteiger partial charge < -0.3 is 9.47 Å². The van der Waals surface area contributed by atoms with Crippen molar-refractivity contribution < 1.29 is 9.47 Å². The minimum Gasteiger partial charge on any atom is -0.495 e. The summed E-state index contributed by atoms with van der Waals surface area (Å²) >= 11 is 5.99. The summed E-state index contributed by atoms with van der Waals surface area (Å²) in [4.78, 5) is 25.4. The van der Waals surface area contributed by atoms with Crippen molar-refractivity contribution in [2.75, 3.05) is 14.2 Å². The largest absolute Gasteiger partial charge is 0.495 e. The van der Waals surface area contributed by atoms with Gasteiger partial charge in [0.2, 0.25) is 0 Å². The summed E-state index contributed by atoms with van der Waals surface area (Å²) in [5.74, 6) is 0.614. The molecule has 0 atom stereocenters. The highest BCUT2D eigenvalue weighted by Gasteiger charge is 2.14. The maximum atomic E-state index is 11.9. The van der Waals surface area contributed by atoms with E-state index in [1.54, 1.807) is 6.07 Å². The molecule has 8 heteroatoms. The quantitative estimate of drug-likeness (QED) is 0.914. The molecule has 108 valence electrons. The Morgan fingerprint density at radius 2 is 1.90 bits per heavy atom. The van der Waals surface area contributed by atoms with E-state index in [1.165, 1.54) is 26.4 Å². The molecule has 21 heavy (non-hydrogen) atoms. The minimum absolute atomic E-state index is 0.203. The molecule has 0 saturated carbocycles. The number of nitrogens with zero attached hydrogens (tertiary/aromatic N) is 2. The third-order valence-corrected chi connectivity index (χ3v) is 3.07. The lowest BCUT2D eigenvalue weighted by atomic mass is 10.2. The molecule has 1 aromatic heterocycles. The number of rotatable bonds is 3. The Kier molecular flexibility index (Phi) is 4.00. The molecule has 1 N–H and O–H groups in total. The Morgan fingerprint density at radius 3 is 2.48 bits per heavy atom. The molecule has 0 aliphatic rings. The number of halogens is 1. The lowest BCUT2D eigenvalue weighted by molar-refractivity contribution is 0.401. The predicted molar refractivity (Wildman–Crippen MR) is 75.5 cm³/mol. The molecule has 0 spiro atoms. The molecule has 0 fully saturated rings. The minimum atomic E-state index is -0.751. The highest BCUT2D eigenvalue weighted by atomic mass is 35.5. The van der Waals surface area contributed by atoms with Gasteiger partial charge >= 0.3 is 5.69 Å². The van der Waals surface area contributed by atoms with Gasteiger partial charge in [-0.05, 0) is 0 Å². The highest BCUT2D eigenvalue weighted by Crippen LogP contribution is 2.33. The van der Waals surface area contributed by atoms with Gasteiger partial charge in [-0.15, -0.1) is 0 Å². The van der Waals surface area contributed by atoms with Crippen molar-refractivity contribution >= 4 is 11.6 Å². The number of hydrogen-bond acceptors (Lipinski definition) is 5. The molecule has 0 radical (unpaired) electrons. The average molecular weight is 308 g/mol. The van der Waals surface area contributed by atoms with E-state index in [4.69, 9.17) is 26.3 Å². The maximum absolute atomic E-state index is 11.9. The molecule has 0 bridgehead atoms. The molecule has 1 heterocycles. The molecule has 0 aliphatic heterocycles. The van der Waals surface area contributed by atoms with Crippen LogP contribution in [0.2, 0.25) is 5.02 Å². The molecule has 7 nitrogen and oxygen atoms in total. The van der Waals surface area contributed by atoms with Crippen molar-refractivity contribution in [2.24, 2.45) is 0 Å². The number of aromatic amines is 1. The monoisotopic (exact) mass is 307 g/mol. The molecule has 0 aliphatic carbocycles. The Balaban J connectivity index is 2.81. The van der Waals surface area contributed by atoms with Crippen molar-refractivity contribution in [1.29, 1.82) is 5.26 Å². The number of ether oxygens (including phenoxy) is 2. The molecule has 1 aromatic carbocycles. The van der Waals surface area contributed by atoms with Crippen molar-refractivity contribution in [3.8, 4) is 23.3 Å². The van der Waals surface area contributed by atoms with Crippen LogP contribution < -0.4 is 20.7 Å². The lowest BCUT2D eigenvalue weighted by Gasteiger charge is -2.13. The van der Waals surface area contributed by atoms with Crippen molar-refractivity contribution in [3.63, 3.8) is 0 Å². The van der Waals surface area contributed by atoms with Gasteiger partial charge in [0.25, 0.3) is 5.56 Å². The van der Waals surface area contributed by atoms with Crippen LogP contribution in [0.15, 0.2) is 27.9 Å². The zero-order valence-electron chi connectivity index (χ0n) is 11.1. The second-order valence-electron chi connectivity index (χ2n) is 3.94. The molecule has 0 amide bonds. The first kappa shape index (κ1) is 14.7. The summed E-state index contributed by atoms with van der Waals surface area (Å²) in [7, 11) is 2.83. The first-order valence-electron chi connectivity index (χ1n) is 5.69. The van der Waals surface area contributed by atoms with Gasteiger partial charge in [-0.1, -0.05) is 11.6 Å². The van der Waals surface area contributed by atoms with Crippen molar-refractivity contribution in [2.45, 2.75) is 0 Å². The Bertz CT molecular complexity index is 848. The zero-order chi connectivity index (χ0) is 15.6. The van der Waals surface area contributed by atoms with E-state index in [-0.39, 0.29) is 11.3 Å². The van der Waals surface area contributed by atoms with Gasteiger partial charge in [-0.25, -0.2) is 4.79 Å². The van der Waals surface area contributed by atoms with Crippen LogP contribution in [0.25, 0.3) is 5.69 Å². The van der Waals surface area contributed by atoms with E-state index in [9.17, 15) is 9.59 Å². The second-order valence-corrected chi connectivity index (χ2v) is 4.35. The van der Waals surface area contributed by atoms with Crippen LogP contribution in [-0.2, 0) is 0 Å². The van der Waals surface area contributed by atoms with E-state index in [0.717, 1.165) is 10.8 Å². The number of methoxy groups -OCH3 is 2. The van der Waals surface area contributed by atoms with Crippen molar-refractivity contribution in [3.05, 3.63) is 49.8 Å². The third kappa shape index (κ3) is 2.61. The van der Waals surface area contributed by atoms with E-state index < -0.39 is 11.2 Å². The van der Waals surface area contributed by atoms with Crippen LogP contribution in [0, 0.1) is 11.3 Å². The fourth-order valence-electron chi connectivity index (χ4n) is 1.76. The van der Waals surface area contributed by atoms with E-state index >= 15 is 0 Å². The molecular formula is C13H10ClN3O4. The van der Waals surface area contributed by atoms with Gasteiger partial charge in [0.1, 0.15) is 23.1 Å². The molecule has 2 rings (SSSR count). The zero-order valence-corrected chi connectivity index (χ0v) is 11.9. The summed E-state index contributed by atoms with van der Waals surface area (Å²) in [6, 6.07) is 4.65. The molecule has 0 unspecified atom stereocenters. The van der Waals surface area contributed by atoms with Crippen LogP contribution in [0.1, 0.15) is 5.56 Å². The molecule has 2 aromatic rings. The number of hydrogen-bond donors (Lipinski definition) is 1.